The highest BCUT2D eigenvalue weighted by atomic mass is 32.2. The molecule has 53 heavy (non-hydrogen) atoms. The van der Waals surface area contributed by atoms with Crippen molar-refractivity contribution in [3.05, 3.63) is 157 Å². The normalized spacial score (nSPS) is 13.7. The SMILES string of the molecule is C[s+]1c2ccccc2c2oc3c(ccc4c5c(n(-c6ccc(-c7nc(-c8ccccc8)nc(-c8ccccc8)n7)cc6)c43)-c3ccccc3C5(C)C)c21. The predicted octanol–water partition coefficient (Wildman–Crippen LogP) is 12.5. The molecule has 4 aromatic heterocycles. The highest BCUT2D eigenvalue weighted by molar-refractivity contribution is 7.42. The molecule has 1 aliphatic carbocycles. The minimum Gasteiger partial charge on any atom is -0.448 e. The number of fused-ring (bicyclic) bond motifs is 11. The number of thiophene rings is 1. The summed E-state index contributed by atoms with van der Waals surface area (Å²) in [5.74, 6) is 1.93. The van der Waals surface area contributed by atoms with E-state index in [-0.39, 0.29) is 15.9 Å². The van der Waals surface area contributed by atoms with Crippen LogP contribution in [0.5, 0.6) is 0 Å². The lowest BCUT2D eigenvalue weighted by molar-refractivity contribution is 0.666. The van der Waals surface area contributed by atoms with E-state index in [1.165, 1.54) is 47.9 Å². The topological polar surface area (TPSA) is 56.7 Å². The summed E-state index contributed by atoms with van der Waals surface area (Å²) in [4.78, 5) is 14.9. The zero-order chi connectivity index (χ0) is 35.4. The average Bonchev–Trinajstić information content (AvgIpc) is 3.92. The first-order chi connectivity index (χ1) is 26.0. The van der Waals surface area contributed by atoms with Crippen molar-refractivity contribution in [2.45, 2.75) is 19.3 Å². The second kappa shape index (κ2) is 11.1. The first kappa shape index (κ1) is 30.3. The van der Waals surface area contributed by atoms with Crippen LogP contribution in [0.25, 0.3) is 93.3 Å². The molecule has 4 heterocycles. The third-order valence-electron chi connectivity index (χ3n) is 11.1. The molecule has 0 fully saturated rings. The molecular weight excluding hydrogens is 669 g/mol. The minimum absolute atomic E-state index is 0.0763. The van der Waals surface area contributed by atoms with Crippen LogP contribution in [0.15, 0.2) is 150 Å². The van der Waals surface area contributed by atoms with E-state index in [4.69, 9.17) is 19.4 Å². The zero-order valence-corrected chi connectivity index (χ0v) is 30.3. The Morgan fingerprint density at radius 2 is 1.11 bits per heavy atom. The maximum absolute atomic E-state index is 7.04. The van der Waals surface area contributed by atoms with E-state index in [1.807, 2.05) is 60.7 Å². The van der Waals surface area contributed by atoms with Gasteiger partial charge in [-0.3, -0.25) is 0 Å². The third-order valence-corrected chi connectivity index (χ3v) is 13.1. The van der Waals surface area contributed by atoms with Crippen molar-refractivity contribution in [3.63, 3.8) is 0 Å². The fourth-order valence-electron chi connectivity index (χ4n) is 8.62. The molecule has 252 valence electrons. The summed E-state index contributed by atoms with van der Waals surface area (Å²) in [5.41, 5.74) is 11.9. The summed E-state index contributed by atoms with van der Waals surface area (Å²) in [6.45, 7) is 4.71. The summed E-state index contributed by atoms with van der Waals surface area (Å²) in [7, 11) is -0.0763. The summed E-state index contributed by atoms with van der Waals surface area (Å²) in [6, 6.07) is 51.1. The Hall–Kier alpha value is -6.37. The lowest BCUT2D eigenvalue weighted by atomic mass is 9.81. The number of nitrogens with zero attached hydrogens (tertiary/aromatic N) is 4. The van der Waals surface area contributed by atoms with E-state index in [1.54, 1.807) is 0 Å². The molecule has 6 heteroatoms. The number of aryl methyl sites for hydroxylation is 1. The van der Waals surface area contributed by atoms with E-state index in [0.717, 1.165) is 39.1 Å². The van der Waals surface area contributed by atoms with Gasteiger partial charge in [-0.05, 0) is 64.1 Å². The van der Waals surface area contributed by atoms with E-state index in [9.17, 15) is 0 Å². The fraction of sp³-hybridized carbons (Fsp3) is 0.0851. The van der Waals surface area contributed by atoms with Gasteiger partial charge in [0.1, 0.15) is 6.26 Å². The summed E-state index contributed by atoms with van der Waals surface area (Å²) in [5, 5.41) is 3.63. The van der Waals surface area contributed by atoms with Crippen molar-refractivity contribution in [1.29, 1.82) is 0 Å². The Balaban J connectivity index is 1.16. The van der Waals surface area contributed by atoms with Crippen LogP contribution >= 0.6 is 10.5 Å². The number of rotatable bonds is 4. The van der Waals surface area contributed by atoms with E-state index >= 15 is 0 Å². The Morgan fingerprint density at radius 1 is 0.547 bits per heavy atom. The first-order valence-corrected chi connectivity index (χ1v) is 19.6. The van der Waals surface area contributed by atoms with Crippen LogP contribution in [0.1, 0.15) is 25.0 Å². The van der Waals surface area contributed by atoms with E-state index in [0.29, 0.717) is 17.5 Å². The monoisotopic (exact) mass is 701 g/mol. The molecule has 0 spiro atoms. The van der Waals surface area contributed by atoms with Gasteiger partial charge in [-0.2, -0.15) is 0 Å². The first-order valence-electron chi connectivity index (χ1n) is 17.9. The summed E-state index contributed by atoms with van der Waals surface area (Å²) < 4.78 is 12.2. The third kappa shape index (κ3) is 4.27. The molecule has 0 saturated carbocycles. The second-order valence-electron chi connectivity index (χ2n) is 14.4. The number of furan rings is 1. The van der Waals surface area contributed by atoms with Gasteiger partial charge in [0.25, 0.3) is 0 Å². The number of aromatic nitrogens is 4. The Morgan fingerprint density at radius 3 is 1.79 bits per heavy atom. The molecule has 0 amide bonds. The van der Waals surface area contributed by atoms with Crippen LogP contribution in [0.3, 0.4) is 0 Å². The lowest BCUT2D eigenvalue weighted by Gasteiger charge is -2.21. The van der Waals surface area contributed by atoms with Crippen LogP contribution < -0.4 is 0 Å². The Labute approximate surface area is 308 Å². The number of benzene rings is 6. The van der Waals surface area contributed by atoms with Gasteiger partial charge in [0.05, 0.1) is 22.0 Å². The van der Waals surface area contributed by atoms with Crippen molar-refractivity contribution >= 4 is 52.7 Å². The number of hydrogen-bond donors (Lipinski definition) is 0. The maximum atomic E-state index is 7.04. The van der Waals surface area contributed by atoms with E-state index < -0.39 is 0 Å². The molecule has 10 aromatic rings. The van der Waals surface area contributed by atoms with Gasteiger partial charge in [-0.1, -0.05) is 117 Å². The molecule has 1 aliphatic rings. The van der Waals surface area contributed by atoms with Gasteiger partial charge in [0, 0.05) is 38.7 Å². The zero-order valence-electron chi connectivity index (χ0n) is 29.5. The molecule has 0 N–H and O–H groups in total. The molecule has 0 radical (unpaired) electrons. The van der Waals surface area contributed by atoms with Crippen LogP contribution in [0.2, 0.25) is 0 Å². The molecule has 11 rings (SSSR count). The van der Waals surface area contributed by atoms with Crippen LogP contribution in [-0.4, -0.2) is 19.5 Å². The highest BCUT2D eigenvalue weighted by Gasteiger charge is 2.41. The standard InChI is InChI=1S/C47H33N4OS/c1-47(2)36-20-12-10-18-32(36)39-38(47)34-26-27-35-41(52-42-33-19-11-13-21-37(33)53(3)43(35)42)40(34)51(39)31-24-22-30(23-25-31)46-49-44(28-14-6-4-7-15-28)48-45(50-46)29-16-8-5-9-17-29/h4-27H,1-3H3/q+1. The van der Waals surface area contributed by atoms with Crippen molar-refractivity contribution < 1.29 is 4.42 Å². The average molecular weight is 702 g/mol. The second-order valence-corrected chi connectivity index (χ2v) is 16.3. The largest absolute Gasteiger partial charge is 0.448 e. The van der Waals surface area contributed by atoms with Gasteiger partial charge in [0.2, 0.25) is 4.70 Å². The Bertz CT molecular complexity index is 3020. The molecule has 6 aromatic carbocycles. The molecule has 1 unspecified atom stereocenters. The molecule has 0 aliphatic heterocycles. The minimum atomic E-state index is -0.188. The van der Waals surface area contributed by atoms with Gasteiger partial charge >= 0.3 is 0 Å². The van der Waals surface area contributed by atoms with Gasteiger partial charge in [-0.15, -0.1) is 0 Å². The fourth-order valence-corrected chi connectivity index (χ4v) is 10.5. The van der Waals surface area contributed by atoms with Crippen LogP contribution in [-0.2, 0) is 11.7 Å². The number of hydrogen-bond acceptors (Lipinski definition) is 4. The lowest BCUT2D eigenvalue weighted by Crippen LogP contribution is -2.14. The summed E-state index contributed by atoms with van der Waals surface area (Å²) in [6.07, 6.45) is 2.33. The molecular formula is C47H33N4OS+. The van der Waals surface area contributed by atoms with Crippen molar-refractivity contribution in [2.24, 2.45) is 6.26 Å². The van der Waals surface area contributed by atoms with Crippen molar-refractivity contribution in [3.8, 4) is 51.1 Å². The molecule has 0 saturated heterocycles. The van der Waals surface area contributed by atoms with Crippen LogP contribution in [0, 0.1) is 0 Å². The van der Waals surface area contributed by atoms with Gasteiger partial charge < -0.3 is 8.98 Å². The van der Waals surface area contributed by atoms with Gasteiger partial charge in [0.15, 0.2) is 33.3 Å². The smallest absolute Gasteiger partial charge is 0.227 e. The van der Waals surface area contributed by atoms with Crippen molar-refractivity contribution in [2.75, 3.05) is 0 Å². The van der Waals surface area contributed by atoms with Gasteiger partial charge in [-0.25, -0.2) is 15.0 Å². The maximum Gasteiger partial charge on any atom is 0.227 e. The highest BCUT2D eigenvalue weighted by Crippen LogP contribution is 2.56. The predicted molar refractivity (Wildman–Crippen MR) is 219 cm³/mol. The summed E-state index contributed by atoms with van der Waals surface area (Å²) >= 11 is 0. The molecule has 5 nitrogen and oxygen atoms in total. The Kier molecular flexibility index (Phi) is 6.32. The van der Waals surface area contributed by atoms with Crippen LogP contribution in [0.4, 0.5) is 0 Å². The van der Waals surface area contributed by atoms with Crippen molar-refractivity contribution in [1.82, 2.24) is 19.5 Å². The molecule has 1 atom stereocenters. The quantitative estimate of drug-likeness (QED) is 0.171. The molecule has 0 bridgehead atoms. The van der Waals surface area contributed by atoms with E-state index in [2.05, 4.69) is 110 Å².